The van der Waals surface area contributed by atoms with E-state index in [0.717, 1.165) is 0 Å². The molecule has 0 heterocycles. The average molecular weight is 222 g/mol. The van der Waals surface area contributed by atoms with E-state index in [1.54, 1.807) is 0 Å². The highest BCUT2D eigenvalue weighted by Gasteiger charge is 2.17. The van der Waals surface area contributed by atoms with Gasteiger partial charge in [0.05, 0.1) is 6.07 Å². The topological polar surface area (TPSA) is 42.2 Å². The summed E-state index contributed by atoms with van der Waals surface area (Å²) in [5, 5.41) is 8.50. The molecule has 0 aliphatic rings. The first kappa shape index (κ1) is 10.9. The fraction of sp³-hybridized carbons (Fsp3) is 0.857. The van der Waals surface area contributed by atoms with Crippen LogP contribution in [0.2, 0.25) is 0 Å². The van der Waals surface area contributed by atoms with Gasteiger partial charge in [-0.3, -0.25) is 0 Å². The summed E-state index contributed by atoms with van der Waals surface area (Å²) >= 11 is 3.13. The van der Waals surface area contributed by atoms with Gasteiger partial charge < -0.3 is 9.47 Å². The second kappa shape index (κ2) is 6.59. The minimum absolute atomic E-state index is 0.387. The lowest BCUT2D eigenvalue weighted by molar-refractivity contribution is -0.127. The van der Waals surface area contributed by atoms with Crippen LogP contribution in [0.3, 0.4) is 0 Å². The molecule has 1 atom stereocenters. The molecule has 0 amide bonds. The first-order valence-corrected chi connectivity index (χ1v) is 4.44. The van der Waals surface area contributed by atoms with Gasteiger partial charge in [-0.1, -0.05) is 15.9 Å². The van der Waals surface area contributed by atoms with Crippen LogP contribution in [-0.2, 0) is 9.47 Å². The molecule has 0 fully saturated rings. The monoisotopic (exact) mass is 221 g/mol. The van der Waals surface area contributed by atoms with Gasteiger partial charge >= 0.3 is 0 Å². The van der Waals surface area contributed by atoms with E-state index in [-0.39, 0.29) is 4.83 Å². The van der Waals surface area contributed by atoms with Crippen molar-refractivity contribution in [1.82, 2.24) is 0 Å². The van der Waals surface area contributed by atoms with Crippen LogP contribution in [0.5, 0.6) is 0 Å². The molecule has 0 aliphatic heterocycles. The van der Waals surface area contributed by atoms with Crippen LogP contribution < -0.4 is 0 Å². The van der Waals surface area contributed by atoms with Gasteiger partial charge in [0, 0.05) is 13.2 Å². The molecule has 11 heavy (non-hydrogen) atoms. The van der Waals surface area contributed by atoms with E-state index in [1.165, 1.54) is 0 Å². The van der Waals surface area contributed by atoms with Gasteiger partial charge in [0.25, 0.3) is 0 Å². The molecule has 0 spiro atoms. The summed E-state index contributed by atoms with van der Waals surface area (Å²) < 4.78 is 10.3. The van der Waals surface area contributed by atoms with Gasteiger partial charge in [-0.25, -0.2) is 0 Å². The third kappa shape index (κ3) is 4.35. The predicted octanol–water partition coefficient (Wildman–Crippen LogP) is 1.67. The Balaban J connectivity index is 3.78. The molecular weight excluding hydrogens is 210 g/mol. The van der Waals surface area contributed by atoms with Gasteiger partial charge in [0.15, 0.2) is 11.1 Å². The fourth-order valence-corrected chi connectivity index (χ4v) is 0.912. The molecule has 0 N–H and O–H groups in total. The Labute approximate surface area is 75.4 Å². The maximum absolute atomic E-state index is 8.50. The Hall–Kier alpha value is -0.110. The van der Waals surface area contributed by atoms with Gasteiger partial charge in [-0.05, 0) is 13.8 Å². The Bertz CT molecular complexity index is 129. The highest BCUT2D eigenvalue weighted by molar-refractivity contribution is 9.09. The van der Waals surface area contributed by atoms with Crippen molar-refractivity contribution < 1.29 is 9.47 Å². The van der Waals surface area contributed by atoms with Crippen molar-refractivity contribution in [2.45, 2.75) is 25.0 Å². The molecule has 4 heteroatoms. The zero-order chi connectivity index (χ0) is 8.69. The van der Waals surface area contributed by atoms with E-state index in [4.69, 9.17) is 14.7 Å². The van der Waals surface area contributed by atoms with Crippen LogP contribution in [-0.4, -0.2) is 24.3 Å². The highest BCUT2D eigenvalue weighted by atomic mass is 79.9. The fourth-order valence-electron chi connectivity index (χ4n) is 0.606. The highest BCUT2D eigenvalue weighted by Crippen LogP contribution is 2.09. The average Bonchev–Trinajstić information content (AvgIpc) is 2.03. The Morgan fingerprint density at radius 1 is 1.36 bits per heavy atom. The molecule has 0 rings (SSSR count). The van der Waals surface area contributed by atoms with Gasteiger partial charge in [-0.15, -0.1) is 0 Å². The van der Waals surface area contributed by atoms with Crippen molar-refractivity contribution in [2.75, 3.05) is 13.2 Å². The van der Waals surface area contributed by atoms with E-state index >= 15 is 0 Å². The van der Waals surface area contributed by atoms with Crippen molar-refractivity contribution in [1.29, 1.82) is 5.26 Å². The molecule has 0 radical (unpaired) electrons. The molecule has 0 saturated carbocycles. The van der Waals surface area contributed by atoms with Gasteiger partial charge in [0.2, 0.25) is 0 Å². The first-order valence-electron chi connectivity index (χ1n) is 3.53. The molecular formula is C7H12BrNO2. The van der Waals surface area contributed by atoms with E-state index in [1.807, 2.05) is 19.9 Å². The molecule has 1 unspecified atom stereocenters. The molecule has 64 valence electrons. The molecule has 0 bridgehead atoms. The Morgan fingerprint density at radius 3 is 2.09 bits per heavy atom. The maximum atomic E-state index is 8.50. The number of ether oxygens (including phenoxy) is 2. The maximum Gasteiger partial charge on any atom is 0.183 e. The van der Waals surface area contributed by atoms with Crippen LogP contribution in [0.4, 0.5) is 0 Å². The molecule has 0 saturated heterocycles. The quantitative estimate of drug-likeness (QED) is 0.524. The zero-order valence-electron chi connectivity index (χ0n) is 6.71. The molecule has 0 aliphatic carbocycles. The van der Waals surface area contributed by atoms with Crippen molar-refractivity contribution >= 4 is 15.9 Å². The number of nitrogens with zero attached hydrogens (tertiary/aromatic N) is 1. The molecule has 0 aromatic carbocycles. The number of hydrogen-bond acceptors (Lipinski definition) is 3. The number of alkyl halides is 1. The lowest BCUT2D eigenvalue weighted by Gasteiger charge is -2.16. The van der Waals surface area contributed by atoms with Crippen molar-refractivity contribution in [2.24, 2.45) is 0 Å². The smallest absolute Gasteiger partial charge is 0.183 e. The lowest BCUT2D eigenvalue weighted by Crippen LogP contribution is -2.26. The van der Waals surface area contributed by atoms with Crippen LogP contribution in [0.15, 0.2) is 0 Å². The standard InChI is InChI=1S/C7H12BrNO2/c1-3-10-7(11-4-2)6(8)5-9/h6-7H,3-4H2,1-2H3. The minimum Gasteiger partial charge on any atom is -0.351 e. The summed E-state index contributed by atoms with van der Waals surface area (Å²) in [5.74, 6) is 0. The van der Waals surface area contributed by atoms with Crippen molar-refractivity contribution in [3.05, 3.63) is 0 Å². The largest absolute Gasteiger partial charge is 0.351 e. The molecule has 0 aromatic heterocycles. The molecule has 0 aromatic rings. The summed E-state index contributed by atoms with van der Waals surface area (Å²) in [6.45, 7) is 4.83. The summed E-state index contributed by atoms with van der Waals surface area (Å²) in [5.41, 5.74) is 0. The summed E-state index contributed by atoms with van der Waals surface area (Å²) in [6, 6.07) is 2.00. The Kier molecular flexibility index (Phi) is 6.52. The normalized spacial score (nSPS) is 13.0. The predicted molar refractivity (Wildman–Crippen MR) is 45.4 cm³/mol. The Morgan fingerprint density at radius 2 is 1.82 bits per heavy atom. The number of rotatable bonds is 5. The van der Waals surface area contributed by atoms with Crippen LogP contribution >= 0.6 is 15.9 Å². The van der Waals surface area contributed by atoms with Crippen LogP contribution in [0, 0.1) is 11.3 Å². The van der Waals surface area contributed by atoms with Crippen molar-refractivity contribution in [3.8, 4) is 6.07 Å². The number of nitriles is 1. The number of halogens is 1. The van der Waals surface area contributed by atoms with Crippen LogP contribution in [0.25, 0.3) is 0 Å². The third-order valence-electron chi connectivity index (χ3n) is 1.02. The summed E-state index contributed by atoms with van der Waals surface area (Å²) in [7, 11) is 0. The SMILES string of the molecule is CCOC(OCC)C(Br)C#N. The molecule has 3 nitrogen and oxygen atoms in total. The van der Waals surface area contributed by atoms with Gasteiger partial charge in [-0.2, -0.15) is 5.26 Å². The van der Waals surface area contributed by atoms with E-state index < -0.39 is 6.29 Å². The zero-order valence-corrected chi connectivity index (χ0v) is 8.30. The summed E-state index contributed by atoms with van der Waals surface area (Å²) in [4.78, 5) is -0.387. The van der Waals surface area contributed by atoms with E-state index in [0.29, 0.717) is 13.2 Å². The van der Waals surface area contributed by atoms with Gasteiger partial charge in [0.1, 0.15) is 0 Å². The second-order valence-electron chi connectivity index (χ2n) is 1.81. The minimum atomic E-state index is -0.449. The second-order valence-corrected chi connectivity index (χ2v) is 2.80. The van der Waals surface area contributed by atoms with Crippen LogP contribution in [0.1, 0.15) is 13.8 Å². The first-order chi connectivity index (χ1) is 5.26. The number of hydrogen-bond donors (Lipinski definition) is 0. The van der Waals surface area contributed by atoms with E-state index in [2.05, 4.69) is 15.9 Å². The lowest BCUT2D eigenvalue weighted by atomic mass is 10.4. The third-order valence-corrected chi connectivity index (χ3v) is 1.66. The van der Waals surface area contributed by atoms with E-state index in [9.17, 15) is 0 Å². The summed E-state index contributed by atoms with van der Waals surface area (Å²) in [6.07, 6.45) is -0.449. The van der Waals surface area contributed by atoms with Crippen molar-refractivity contribution in [3.63, 3.8) is 0 Å².